The van der Waals surface area contributed by atoms with Crippen molar-refractivity contribution in [1.29, 1.82) is 0 Å². The Bertz CT molecular complexity index is 1070. The van der Waals surface area contributed by atoms with Crippen LogP contribution in [0.25, 0.3) is 0 Å². The molecule has 1 atom stereocenters. The number of rotatable bonds is 12. The lowest BCUT2D eigenvalue weighted by Crippen LogP contribution is -2.47. The standard InChI is InChI=1S/C30H43N3O5/c1-7-8-9-10-11-18-33(25(35)20-31-29(37)38-30(4,5)6)27(23-16-13-17-24(34)19-23)28(36)32-26-21(2)14-12-15-22(26)3/h12-17,19,27,34H,7-11,18,20H2,1-6H3,(H,31,37)(H,32,36). The Labute approximate surface area is 226 Å². The van der Waals surface area contributed by atoms with E-state index in [0.29, 0.717) is 24.2 Å². The van der Waals surface area contributed by atoms with Crippen molar-refractivity contribution >= 4 is 23.6 Å². The van der Waals surface area contributed by atoms with Crippen LogP contribution in [0, 0.1) is 13.8 Å². The molecule has 0 radical (unpaired) electrons. The van der Waals surface area contributed by atoms with E-state index in [1.54, 1.807) is 32.9 Å². The third-order valence-electron chi connectivity index (χ3n) is 6.08. The third kappa shape index (κ3) is 9.72. The fourth-order valence-electron chi connectivity index (χ4n) is 4.22. The maximum Gasteiger partial charge on any atom is 0.408 e. The van der Waals surface area contributed by atoms with E-state index >= 15 is 0 Å². The first kappa shape index (κ1) is 30.7. The second-order valence-electron chi connectivity index (χ2n) is 10.6. The molecule has 208 valence electrons. The average Bonchev–Trinajstić information content (AvgIpc) is 2.83. The van der Waals surface area contributed by atoms with E-state index in [-0.39, 0.29) is 12.3 Å². The Morgan fingerprint density at radius 1 is 0.974 bits per heavy atom. The molecule has 1 unspecified atom stereocenters. The fourth-order valence-corrected chi connectivity index (χ4v) is 4.22. The summed E-state index contributed by atoms with van der Waals surface area (Å²) >= 11 is 0. The zero-order valence-electron chi connectivity index (χ0n) is 23.6. The van der Waals surface area contributed by atoms with Gasteiger partial charge < -0.3 is 25.4 Å². The molecule has 38 heavy (non-hydrogen) atoms. The molecule has 2 aromatic carbocycles. The molecule has 0 saturated carbocycles. The molecular weight excluding hydrogens is 482 g/mol. The molecule has 0 saturated heterocycles. The lowest BCUT2D eigenvalue weighted by molar-refractivity contribution is -0.138. The molecule has 0 spiro atoms. The number of hydrogen-bond acceptors (Lipinski definition) is 5. The number of benzene rings is 2. The molecule has 0 bridgehead atoms. The van der Waals surface area contributed by atoms with Crippen LogP contribution in [-0.2, 0) is 14.3 Å². The zero-order chi connectivity index (χ0) is 28.3. The molecule has 2 rings (SSSR count). The predicted octanol–water partition coefficient (Wildman–Crippen LogP) is 6.01. The number of ether oxygens (including phenoxy) is 1. The van der Waals surface area contributed by atoms with E-state index in [1.807, 2.05) is 32.0 Å². The highest BCUT2D eigenvalue weighted by molar-refractivity contribution is 5.99. The summed E-state index contributed by atoms with van der Waals surface area (Å²) in [4.78, 5) is 41.1. The first-order valence-electron chi connectivity index (χ1n) is 13.3. The molecule has 3 amide bonds. The highest BCUT2D eigenvalue weighted by Crippen LogP contribution is 2.28. The Hall–Kier alpha value is -3.55. The summed E-state index contributed by atoms with van der Waals surface area (Å²) in [5.41, 5.74) is 2.26. The van der Waals surface area contributed by atoms with Crippen LogP contribution in [0.3, 0.4) is 0 Å². The van der Waals surface area contributed by atoms with Gasteiger partial charge in [0, 0.05) is 12.2 Å². The van der Waals surface area contributed by atoms with Crippen LogP contribution < -0.4 is 10.6 Å². The molecular formula is C30H43N3O5. The number of para-hydroxylation sites is 1. The number of anilines is 1. The van der Waals surface area contributed by atoms with Gasteiger partial charge in [-0.3, -0.25) is 9.59 Å². The molecule has 3 N–H and O–H groups in total. The van der Waals surface area contributed by atoms with Gasteiger partial charge in [-0.25, -0.2) is 4.79 Å². The smallest absolute Gasteiger partial charge is 0.408 e. The summed E-state index contributed by atoms with van der Waals surface area (Å²) in [6.45, 7) is 11.2. The van der Waals surface area contributed by atoms with Gasteiger partial charge in [0.1, 0.15) is 23.9 Å². The van der Waals surface area contributed by atoms with Crippen molar-refractivity contribution < 1.29 is 24.2 Å². The largest absolute Gasteiger partial charge is 0.508 e. The van der Waals surface area contributed by atoms with Crippen LogP contribution in [0.4, 0.5) is 10.5 Å². The summed E-state index contributed by atoms with van der Waals surface area (Å²) < 4.78 is 5.27. The van der Waals surface area contributed by atoms with Gasteiger partial charge in [0.15, 0.2) is 0 Å². The number of aryl methyl sites for hydroxylation is 2. The van der Waals surface area contributed by atoms with Crippen LogP contribution >= 0.6 is 0 Å². The minimum atomic E-state index is -1.01. The van der Waals surface area contributed by atoms with Gasteiger partial charge >= 0.3 is 6.09 Å². The number of unbranched alkanes of at least 4 members (excludes halogenated alkanes) is 4. The van der Waals surface area contributed by atoms with Crippen LogP contribution in [0.15, 0.2) is 42.5 Å². The first-order valence-corrected chi connectivity index (χ1v) is 13.3. The molecule has 8 nitrogen and oxygen atoms in total. The first-order chi connectivity index (χ1) is 17.9. The van der Waals surface area contributed by atoms with E-state index in [4.69, 9.17) is 4.74 Å². The molecule has 0 heterocycles. The number of phenols is 1. The number of alkyl carbamates (subject to hydrolysis) is 1. The summed E-state index contributed by atoms with van der Waals surface area (Å²) in [6, 6.07) is 11.1. The summed E-state index contributed by atoms with van der Waals surface area (Å²) in [5.74, 6) is -0.821. The molecule has 0 aromatic heterocycles. The molecule has 0 aliphatic rings. The highest BCUT2D eigenvalue weighted by atomic mass is 16.6. The lowest BCUT2D eigenvalue weighted by atomic mass is 10.0. The van der Waals surface area contributed by atoms with Crippen molar-refractivity contribution in [1.82, 2.24) is 10.2 Å². The third-order valence-corrected chi connectivity index (χ3v) is 6.08. The number of amides is 3. The van der Waals surface area contributed by atoms with Gasteiger partial charge in [0.25, 0.3) is 5.91 Å². The van der Waals surface area contributed by atoms with Crippen molar-refractivity contribution in [2.75, 3.05) is 18.4 Å². The van der Waals surface area contributed by atoms with Crippen molar-refractivity contribution in [2.45, 2.75) is 85.3 Å². The Morgan fingerprint density at radius 2 is 1.61 bits per heavy atom. The van der Waals surface area contributed by atoms with Crippen LogP contribution in [-0.4, -0.2) is 46.6 Å². The number of nitrogens with one attached hydrogen (secondary N) is 2. The van der Waals surface area contributed by atoms with Crippen molar-refractivity contribution in [3.8, 4) is 5.75 Å². The molecule has 8 heteroatoms. The predicted molar refractivity (Wildman–Crippen MR) is 150 cm³/mol. The number of phenolic OH excluding ortho intramolecular Hbond substituents is 1. The van der Waals surface area contributed by atoms with Gasteiger partial charge in [-0.2, -0.15) is 0 Å². The number of nitrogens with zero attached hydrogens (tertiary/aromatic N) is 1. The molecule has 2 aromatic rings. The zero-order valence-corrected chi connectivity index (χ0v) is 23.6. The summed E-state index contributed by atoms with van der Waals surface area (Å²) in [5, 5.41) is 15.7. The van der Waals surface area contributed by atoms with E-state index in [2.05, 4.69) is 17.6 Å². The normalized spacial score (nSPS) is 11.9. The average molecular weight is 526 g/mol. The van der Waals surface area contributed by atoms with Crippen LogP contribution in [0.5, 0.6) is 5.75 Å². The molecule has 0 aliphatic heterocycles. The minimum absolute atomic E-state index is 0.00500. The Balaban J connectivity index is 2.39. The van der Waals surface area contributed by atoms with Gasteiger partial charge in [0.05, 0.1) is 0 Å². The lowest BCUT2D eigenvalue weighted by Gasteiger charge is -2.32. The van der Waals surface area contributed by atoms with Gasteiger partial charge in [-0.05, 0) is 69.9 Å². The maximum atomic E-state index is 13.8. The van der Waals surface area contributed by atoms with E-state index in [9.17, 15) is 19.5 Å². The fraction of sp³-hybridized carbons (Fsp3) is 0.500. The number of aromatic hydroxyl groups is 1. The van der Waals surface area contributed by atoms with Gasteiger partial charge in [-0.1, -0.05) is 62.9 Å². The van der Waals surface area contributed by atoms with E-state index < -0.39 is 29.6 Å². The quantitative estimate of drug-likeness (QED) is 0.294. The molecule has 0 fully saturated rings. The minimum Gasteiger partial charge on any atom is -0.508 e. The Morgan fingerprint density at radius 3 is 2.21 bits per heavy atom. The van der Waals surface area contributed by atoms with E-state index in [0.717, 1.165) is 36.8 Å². The van der Waals surface area contributed by atoms with E-state index in [1.165, 1.54) is 17.0 Å². The second-order valence-corrected chi connectivity index (χ2v) is 10.6. The van der Waals surface area contributed by atoms with Crippen LogP contribution in [0.1, 0.15) is 82.5 Å². The topological polar surface area (TPSA) is 108 Å². The second kappa shape index (κ2) is 14.4. The monoisotopic (exact) mass is 525 g/mol. The van der Waals surface area contributed by atoms with Gasteiger partial charge in [-0.15, -0.1) is 0 Å². The van der Waals surface area contributed by atoms with Gasteiger partial charge in [0.2, 0.25) is 5.91 Å². The van der Waals surface area contributed by atoms with Crippen molar-refractivity contribution in [3.63, 3.8) is 0 Å². The number of carbonyl (C=O) groups is 3. The number of hydrogen-bond donors (Lipinski definition) is 3. The summed E-state index contributed by atoms with van der Waals surface area (Å²) in [7, 11) is 0. The Kier molecular flexibility index (Phi) is 11.6. The maximum absolute atomic E-state index is 13.8. The summed E-state index contributed by atoms with van der Waals surface area (Å²) in [6.07, 6.45) is 4.11. The SMILES string of the molecule is CCCCCCCN(C(=O)CNC(=O)OC(C)(C)C)C(C(=O)Nc1c(C)cccc1C)c1cccc(O)c1. The number of carbonyl (C=O) groups excluding carboxylic acids is 3. The highest BCUT2D eigenvalue weighted by Gasteiger charge is 2.32. The van der Waals surface area contributed by atoms with Crippen molar-refractivity contribution in [2.24, 2.45) is 0 Å². The van der Waals surface area contributed by atoms with Crippen molar-refractivity contribution in [3.05, 3.63) is 59.2 Å². The van der Waals surface area contributed by atoms with Crippen LogP contribution in [0.2, 0.25) is 0 Å². The molecule has 0 aliphatic carbocycles.